The molecule has 2 aliphatic heterocycles. The maximum Gasteiger partial charge on any atom is 0.216 e. The molecule has 166 valence electrons. The van der Waals surface area contributed by atoms with E-state index in [1.54, 1.807) is 12.4 Å². The van der Waals surface area contributed by atoms with Crippen LogP contribution in [0.3, 0.4) is 0 Å². The Morgan fingerprint density at radius 3 is 2.42 bits per heavy atom. The van der Waals surface area contributed by atoms with Crippen LogP contribution in [-0.2, 0) is 4.79 Å². The quantitative estimate of drug-likeness (QED) is 0.671. The zero-order chi connectivity index (χ0) is 21.6. The highest BCUT2D eigenvalue weighted by atomic mass is 16.3. The number of piperazine rings is 1. The van der Waals surface area contributed by atoms with E-state index in [1.165, 1.54) is 19.8 Å². The highest BCUT2D eigenvalue weighted by molar-refractivity contribution is 5.72. The fourth-order valence-corrected chi connectivity index (χ4v) is 4.17. The Bertz CT molecular complexity index is 865. The Labute approximate surface area is 183 Å². The third-order valence-electron chi connectivity index (χ3n) is 5.84. The van der Waals surface area contributed by atoms with Gasteiger partial charge < -0.3 is 20.2 Å². The summed E-state index contributed by atoms with van der Waals surface area (Å²) in [6.45, 7) is 7.64. The number of nitrogens with one attached hydrogen (secondary N) is 1. The maximum atomic E-state index is 11.0. The summed E-state index contributed by atoms with van der Waals surface area (Å²) in [5.41, 5.74) is 1.87. The summed E-state index contributed by atoms with van der Waals surface area (Å²) in [4.78, 5) is 31.9. The molecule has 4 rings (SSSR count). The van der Waals surface area contributed by atoms with Gasteiger partial charge in [-0.2, -0.15) is 0 Å². The number of anilines is 2. The molecular weight excluding hydrogens is 394 g/mol. The molecule has 9 nitrogen and oxygen atoms in total. The fourth-order valence-electron chi connectivity index (χ4n) is 4.17. The molecule has 4 heterocycles. The van der Waals surface area contributed by atoms with Gasteiger partial charge in [-0.3, -0.25) is 14.7 Å². The summed E-state index contributed by atoms with van der Waals surface area (Å²) < 4.78 is 0. The van der Waals surface area contributed by atoms with Crippen molar-refractivity contribution in [3.05, 3.63) is 30.7 Å². The van der Waals surface area contributed by atoms with Crippen LogP contribution in [0.2, 0.25) is 0 Å². The predicted octanol–water partition coefficient (Wildman–Crippen LogP) is 0.758. The topological polar surface area (TPSA) is 97.7 Å². The molecule has 1 atom stereocenters. The monoisotopic (exact) mass is 425 g/mol. The Morgan fingerprint density at radius 2 is 1.74 bits per heavy atom. The van der Waals surface area contributed by atoms with Gasteiger partial charge in [0, 0.05) is 77.2 Å². The molecule has 1 unspecified atom stereocenters. The van der Waals surface area contributed by atoms with Crippen molar-refractivity contribution in [2.75, 3.05) is 62.2 Å². The Kier molecular flexibility index (Phi) is 6.93. The molecule has 2 aromatic rings. The lowest BCUT2D eigenvalue weighted by atomic mass is 10.2. The first-order valence-electron chi connectivity index (χ1n) is 11.0. The number of aliphatic hydroxyl groups excluding tert-OH is 1. The van der Waals surface area contributed by atoms with Crippen LogP contribution in [0.5, 0.6) is 0 Å². The summed E-state index contributed by atoms with van der Waals surface area (Å²) in [7, 11) is 0. The number of hydrogen-bond donors (Lipinski definition) is 2. The molecule has 2 saturated heterocycles. The maximum absolute atomic E-state index is 11.0. The van der Waals surface area contributed by atoms with Gasteiger partial charge in [-0.15, -0.1) is 0 Å². The van der Waals surface area contributed by atoms with Crippen molar-refractivity contribution in [3.63, 3.8) is 0 Å². The molecule has 0 bridgehead atoms. The number of aromatic nitrogens is 3. The van der Waals surface area contributed by atoms with Gasteiger partial charge in [-0.05, 0) is 25.0 Å². The van der Waals surface area contributed by atoms with E-state index in [9.17, 15) is 9.90 Å². The van der Waals surface area contributed by atoms with Gasteiger partial charge in [-0.25, -0.2) is 9.97 Å². The third kappa shape index (κ3) is 5.48. The molecule has 0 spiro atoms. The van der Waals surface area contributed by atoms with Gasteiger partial charge in [0.05, 0.1) is 18.0 Å². The predicted molar refractivity (Wildman–Crippen MR) is 120 cm³/mol. The molecule has 31 heavy (non-hydrogen) atoms. The number of rotatable bonds is 7. The first-order valence-corrected chi connectivity index (χ1v) is 11.0. The van der Waals surface area contributed by atoms with Crippen LogP contribution < -0.4 is 15.1 Å². The number of amides is 1. The van der Waals surface area contributed by atoms with Gasteiger partial charge >= 0.3 is 0 Å². The van der Waals surface area contributed by atoms with Crippen molar-refractivity contribution < 1.29 is 9.90 Å². The fraction of sp³-hybridized carbons (Fsp3) is 0.545. The van der Waals surface area contributed by atoms with Gasteiger partial charge in [0.2, 0.25) is 5.91 Å². The van der Waals surface area contributed by atoms with Crippen molar-refractivity contribution in [1.29, 1.82) is 0 Å². The minimum absolute atomic E-state index is 0.119. The average molecular weight is 426 g/mol. The number of β-amino-alcohol motifs (C(OH)–C–C–N with tert-alkyl or cyclic N) is 1. The van der Waals surface area contributed by atoms with E-state index in [0.29, 0.717) is 6.54 Å². The van der Waals surface area contributed by atoms with Gasteiger partial charge in [-0.1, -0.05) is 0 Å². The molecule has 1 amide bonds. The van der Waals surface area contributed by atoms with Crippen LogP contribution in [0.1, 0.15) is 19.8 Å². The zero-order valence-corrected chi connectivity index (χ0v) is 18.1. The lowest BCUT2D eigenvalue weighted by Crippen LogP contribution is -2.50. The van der Waals surface area contributed by atoms with Crippen LogP contribution >= 0.6 is 0 Å². The standard InChI is InChI=1S/C22H31N7O2/c1-17(30)24-14-19(31)16-27-10-12-29(13-11-27)22-21(28-8-2-3-9-28)25-15-20(26-22)18-4-6-23-7-5-18/h4-7,15,19,31H,2-3,8-14,16H2,1H3,(H,24,30). The van der Waals surface area contributed by atoms with Crippen molar-refractivity contribution in [3.8, 4) is 11.3 Å². The number of aliphatic hydroxyl groups is 1. The van der Waals surface area contributed by atoms with E-state index >= 15 is 0 Å². The third-order valence-corrected chi connectivity index (χ3v) is 5.84. The van der Waals surface area contributed by atoms with Crippen LogP contribution in [0.4, 0.5) is 11.6 Å². The van der Waals surface area contributed by atoms with Gasteiger partial charge in [0.1, 0.15) is 0 Å². The van der Waals surface area contributed by atoms with E-state index in [2.05, 4.69) is 25.0 Å². The second-order valence-electron chi connectivity index (χ2n) is 8.21. The smallest absolute Gasteiger partial charge is 0.216 e. The molecule has 2 N–H and O–H groups in total. The molecule has 0 aromatic carbocycles. The molecule has 2 fully saturated rings. The molecule has 2 aromatic heterocycles. The summed E-state index contributed by atoms with van der Waals surface area (Å²) in [5.74, 6) is 1.79. The largest absolute Gasteiger partial charge is 0.390 e. The second kappa shape index (κ2) is 10.0. The van der Waals surface area contributed by atoms with Gasteiger partial charge in [0.25, 0.3) is 0 Å². The molecule has 9 heteroatoms. The number of hydrogen-bond acceptors (Lipinski definition) is 8. The lowest BCUT2D eigenvalue weighted by molar-refractivity contribution is -0.119. The van der Waals surface area contributed by atoms with E-state index in [0.717, 1.165) is 62.2 Å². The van der Waals surface area contributed by atoms with Crippen molar-refractivity contribution in [1.82, 2.24) is 25.2 Å². The van der Waals surface area contributed by atoms with Crippen LogP contribution in [0.15, 0.2) is 30.7 Å². The Balaban J connectivity index is 1.47. The molecular formula is C22H31N7O2. The summed E-state index contributed by atoms with van der Waals surface area (Å²) in [6.07, 6.45) is 7.22. The highest BCUT2D eigenvalue weighted by Crippen LogP contribution is 2.31. The summed E-state index contributed by atoms with van der Waals surface area (Å²) in [5, 5.41) is 12.9. The second-order valence-corrected chi connectivity index (χ2v) is 8.21. The number of nitrogens with zero attached hydrogens (tertiary/aromatic N) is 6. The van der Waals surface area contributed by atoms with E-state index in [1.807, 2.05) is 18.3 Å². The van der Waals surface area contributed by atoms with E-state index in [-0.39, 0.29) is 12.5 Å². The summed E-state index contributed by atoms with van der Waals surface area (Å²) in [6, 6.07) is 3.91. The minimum Gasteiger partial charge on any atom is -0.390 e. The lowest BCUT2D eigenvalue weighted by Gasteiger charge is -2.37. The SMILES string of the molecule is CC(=O)NCC(O)CN1CCN(c2nc(-c3ccncc3)cnc2N2CCCC2)CC1. The molecule has 0 radical (unpaired) electrons. The van der Waals surface area contributed by atoms with Crippen molar-refractivity contribution in [2.24, 2.45) is 0 Å². The molecule has 2 aliphatic rings. The van der Waals surface area contributed by atoms with Crippen LogP contribution in [0, 0.1) is 0 Å². The Hall–Kier alpha value is -2.78. The number of carbonyl (C=O) groups is 1. The molecule has 0 saturated carbocycles. The van der Waals surface area contributed by atoms with Gasteiger partial charge in [0.15, 0.2) is 11.6 Å². The highest BCUT2D eigenvalue weighted by Gasteiger charge is 2.26. The van der Waals surface area contributed by atoms with Crippen LogP contribution in [-0.4, -0.2) is 89.3 Å². The Morgan fingerprint density at radius 1 is 1.06 bits per heavy atom. The zero-order valence-electron chi connectivity index (χ0n) is 18.1. The molecule has 0 aliphatic carbocycles. The first kappa shape index (κ1) is 21.5. The van der Waals surface area contributed by atoms with Crippen LogP contribution in [0.25, 0.3) is 11.3 Å². The normalized spacial score (nSPS) is 18.3. The van der Waals surface area contributed by atoms with Crippen molar-refractivity contribution >= 4 is 17.5 Å². The van der Waals surface area contributed by atoms with Crippen molar-refractivity contribution in [2.45, 2.75) is 25.9 Å². The first-order chi connectivity index (χ1) is 15.1. The number of carbonyl (C=O) groups excluding carboxylic acids is 1. The van der Waals surface area contributed by atoms with E-state index in [4.69, 9.17) is 9.97 Å². The average Bonchev–Trinajstić information content (AvgIpc) is 3.33. The summed E-state index contributed by atoms with van der Waals surface area (Å²) >= 11 is 0. The van der Waals surface area contributed by atoms with E-state index < -0.39 is 6.10 Å². The minimum atomic E-state index is -0.564. The number of pyridine rings is 1.